The van der Waals surface area contributed by atoms with Gasteiger partial charge in [0.2, 0.25) is 0 Å². The summed E-state index contributed by atoms with van der Waals surface area (Å²) in [6.45, 7) is 0. The molecule has 0 spiro atoms. The van der Waals surface area contributed by atoms with E-state index in [1.807, 2.05) is 0 Å². The van der Waals surface area contributed by atoms with Gasteiger partial charge in [-0.1, -0.05) is 0 Å². The average Bonchev–Trinajstić information content (AvgIpc) is 2.35. The first kappa shape index (κ1) is 8.90. The summed E-state index contributed by atoms with van der Waals surface area (Å²) >= 11 is 1.43. The fourth-order valence-corrected chi connectivity index (χ4v) is 1.94. The number of ketones is 1. The molecule has 0 amide bonds. The molecule has 0 aliphatic heterocycles. The van der Waals surface area contributed by atoms with Gasteiger partial charge in [0.25, 0.3) is 0 Å². The van der Waals surface area contributed by atoms with Crippen LogP contribution in [0.1, 0.15) is 10.4 Å². The van der Waals surface area contributed by atoms with Crippen LogP contribution in [-0.2, 0) is 10.0 Å². The van der Waals surface area contributed by atoms with Gasteiger partial charge in [0, 0.05) is 10.9 Å². The minimum atomic E-state index is -1.55. The number of Topliss-reactive ketones (excluding diaryl/α,β-unsaturated/α-hetero) is 1. The molecule has 0 aliphatic carbocycles. The molecule has 0 saturated carbocycles. The normalized spacial score (nSPS) is 12.8. The second-order valence-corrected chi connectivity index (χ2v) is 4.55. The van der Waals surface area contributed by atoms with Crippen LogP contribution in [0.5, 0.6) is 0 Å². The van der Waals surface area contributed by atoms with Gasteiger partial charge >= 0.3 is 0 Å². The average molecular weight is 209 g/mol. The zero-order valence-electron chi connectivity index (χ0n) is 5.45. The molecule has 5 heteroatoms. The Kier molecular flexibility index (Phi) is 3.23. The summed E-state index contributed by atoms with van der Waals surface area (Å²) < 4.78 is 10.4. The zero-order chi connectivity index (χ0) is 8.27. The summed E-state index contributed by atoms with van der Waals surface area (Å²) in [5, 5.41) is 3.51. The first-order valence-corrected chi connectivity index (χ1v) is 5.89. The minimum Gasteiger partial charge on any atom is -0.293 e. The number of carbonyl (C=O) groups is 1. The highest BCUT2D eigenvalue weighted by Gasteiger charge is 2.08. The standard InChI is InChI=1S/C6H5ClO2S2/c7-11(9)4-6(8)5-1-2-10-3-5/h1-3H,4H2. The van der Waals surface area contributed by atoms with E-state index in [0.29, 0.717) is 5.56 Å². The van der Waals surface area contributed by atoms with Gasteiger partial charge in [0.15, 0.2) is 5.78 Å². The van der Waals surface area contributed by atoms with Gasteiger partial charge in [0.1, 0.15) is 15.8 Å². The topological polar surface area (TPSA) is 34.1 Å². The molecule has 0 bridgehead atoms. The Morgan fingerprint density at radius 2 is 2.45 bits per heavy atom. The maximum absolute atomic E-state index is 11.0. The van der Waals surface area contributed by atoms with E-state index in [-0.39, 0.29) is 11.5 Å². The number of hydrogen-bond acceptors (Lipinski definition) is 3. The largest absolute Gasteiger partial charge is 0.293 e. The molecule has 0 radical (unpaired) electrons. The van der Waals surface area contributed by atoms with E-state index in [2.05, 4.69) is 0 Å². The summed E-state index contributed by atoms with van der Waals surface area (Å²) in [6, 6.07) is 1.69. The molecule has 0 aliphatic rings. The second-order valence-electron chi connectivity index (χ2n) is 1.87. The quantitative estimate of drug-likeness (QED) is 0.561. The van der Waals surface area contributed by atoms with Crippen molar-refractivity contribution in [3.05, 3.63) is 22.4 Å². The maximum atomic E-state index is 11.0. The predicted molar refractivity (Wildman–Crippen MR) is 47.5 cm³/mol. The van der Waals surface area contributed by atoms with E-state index in [0.717, 1.165) is 0 Å². The molecular formula is C6H5ClO2S2. The third-order valence-electron chi connectivity index (χ3n) is 1.09. The van der Waals surface area contributed by atoms with Crippen LogP contribution >= 0.6 is 22.0 Å². The summed E-state index contributed by atoms with van der Waals surface area (Å²) in [5.74, 6) is -0.266. The molecule has 0 aromatic carbocycles. The van der Waals surface area contributed by atoms with Crippen molar-refractivity contribution in [2.45, 2.75) is 0 Å². The highest BCUT2D eigenvalue weighted by atomic mass is 35.7. The number of rotatable bonds is 3. The lowest BCUT2D eigenvalue weighted by Crippen LogP contribution is -2.05. The molecule has 1 heterocycles. The van der Waals surface area contributed by atoms with Gasteiger partial charge in [-0.2, -0.15) is 11.3 Å². The van der Waals surface area contributed by atoms with Crippen molar-refractivity contribution in [2.75, 3.05) is 5.75 Å². The highest BCUT2D eigenvalue weighted by molar-refractivity contribution is 8.08. The smallest absolute Gasteiger partial charge is 0.177 e. The van der Waals surface area contributed by atoms with E-state index in [1.54, 1.807) is 16.8 Å². The Labute approximate surface area is 75.1 Å². The van der Waals surface area contributed by atoms with Crippen molar-refractivity contribution in [3.63, 3.8) is 0 Å². The van der Waals surface area contributed by atoms with Gasteiger partial charge in [0.05, 0.1) is 0 Å². The van der Waals surface area contributed by atoms with Crippen LogP contribution < -0.4 is 0 Å². The fourth-order valence-electron chi connectivity index (χ4n) is 0.610. The van der Waals surface area contributed by atoms with Crippen LogP contribution in [0.4, 0.5) is 0 Å². The molecule has 0 fully saturated rings. The fraction of sp³-hybridized carbons (Fsp3) is 0.167. The van der Waals surface area contributed by atoms with Crippen molar-refractivity contribution in [3.8, 4) is 0 Å². The lowest BCUT2D eigenvalue weighted by molar-refractivity contribution is 0.102. The van der Waals surface area contributed by atoms with E-state index in [4.69, 9.17) is 10.7 Å². The highest BCUT2D eigenvalue weighted by Crippen LogP contribution is 2.07. The molecule has 0 saturated heterocycles. The van der Waals surface area contributed by atoms with E-state index < -0.39 is 10.0 Å². The van der Waals surface area contributed by atoms with Gasteiger partial charge in [-0.25, -0.2) is 4.21 Å². The monoisotopic (exact) mass is 208 g/mol. The zero-order valence-corrected chi connectivity index (χ0v) is 7.84. The van der Waals surface area contributed by atoms with Crippen LogP contribution in [0.3, 0.4) is 0 Å². The molecule has 1 aromatic rings. The van der Waals surface area contributed by atoms with Crippen LogP contribution in [0.25, 0.3) is 0 Å². The Morgan fingerprint density at radius 3 is 2.91 bits per heavy atom. The second kappa shape index (κ2) is 3.99. The van der Waals surface area contributed by atoms with Crippen molar-refractivity contribution in [2.24, 2.45) is 0 Å². The van der Waals surface area contributed by atoms with E-state index in [9.17, 15) is 9.00 Å². The van der Waals surface area contributed by atoms with E-state index >= 15 is 0 Å². The molecule has 11 heavy (non-hydrogen) atoms. The van der Waals surface area contributed by atoms with Crippen LogP contribution in [0.15, 0.2) is 16.8 Å². The Balaban J connectivity index is 2.64. The van der Waals surface area contributed by atoms with Crippen LogP contribution in [-0.4, -0.2) is 15.7 Å². The summed E-state index contributed by atoms with van der Waals surface area (Å²) in [4.78, 5) is 11.0. The van der Waals surface area contributed by atoms with Crippen LogP contribution in [0, 0.1) is 0 Å². The summed E-state index contributed by atoms with van der Waals surface area (Å²) in [7, 11) is 3.59. The third-order valence-corrected chi connectivity index (χ3v) is 2.59. The molecule has 60 valence electrons. The summed E-state index contributed by atoms with van der Waals surface area (Å²) in [5.41, 5.74) is 0.587. The van der Waals surface area contributed by atoms with Crippen molar-refractivity contribution >= 4 is 37.8 Å². The van der Waals surface area contributed by atoms with Gasteiger partial charge < -0.3 is 0 Å². The first-order valence-electron chi connectivity index (χ1n) is 2.80. The molecule has 2 nitrogen and oxygen atoms in total. The predicted octanol–water partition coefficient (Wildman–Crippen LogP) is 1.83. The van der Waals surface area contributed by atoms with Gasteiger partial charge in [-0.15, -0.1) is 0 Å². The maximum Gasteiger partial charge on any atom is 0.177 e. The molecule has 0 N–H and O–H groups in total. The lowest BCUT2D eigenvalue weighted by atomic mass is 10.2. The molecular weight excluding hydrogens is 204 g/mol. The van der Waals surface area contributed by atoms with Crippen LogP contribution in [0.2, 0.25) is 0 Å². The lowest BCUT2D eigenvalue weighted by Gasteiger charge is -1.90. The Morgan fingerprint density at radius 1 is 1.73 bits per heavy atom. The number of carbonyl (C=O) groups excluding carboxylic acids is 1. The van der Waals surface area contributed by atoms with Gasteiger partial charge in [-0.3, -0.25) is 4.79 Å². The summed E-state index contributed by atoms with van der Waals surface area (Å²) in [6.07, 6.45) is 0. The number of halogens is 1. The van der Waals surface area contributed by atoms with E-state index in [1.165, 1.54) is 11.3 Å². The molecule has 1 rings (SSSR count). The first-order chi connectivity index (χ1) is 5.20. The Bertz CT molecular complexity index is 268. The Hall–Kier alpha value is -0.190. The SMILES string of the molecule is O=C(CS(=O)Cl)c1ccsc1. The van der Waals surface area contributed by atoms with Gasteiger partial charge in [-0.05, 0) is 22.1 Å². The van der Waals surface area contributed by atoms with Crippen molar-refractivity contribution < 1.29 is 9.00 Å². The van der Waals surface area contributed by atoms with Crippen molar-refractivity contribution in [1.29, 1.82) is 0 Å². The number of thiophene rings is 1. The molecule has 1 atom stereocenters. The molecule has 1 aromatic heterocycles. The minimum absolute atomic E-state index is 0.0989. The third kappa shape index (κ3) is 2.73. The number of hydrogen-bond donors (Lipinski definition) is 0. The van der Waals surface area contributed by atoms with Crippen molar-refractivity contribution in [1.82, 2.24) is 0 Å². The molecule has 1 unspecified atom stereocenters.